The first kappa shape index (κ1) is 21.9. The summed E-state index contributed by atoms with van der Waals surface area (Å²) in [6, 6.07) is 16.4. The molecule has 0 aromatic heterocycles. The second-order valence-electron chi connectivity index (χ2n) is 6.24. The number of anilines is 1. The largest absolute Gasteiger partial charge is 0.490 e. The summed E-state index contributed by atoms with van der Waals surface area (Å²) >= 11 is 12.9. The van der Waals surface area contributed by atoms with Gasteiger partial charge < -0.3 is 14.8 Å². The Kier molecular flexibility index (Phi) is 7.81. The second kappa shape index (κ2) is 10.3. The van der Waals surface area contributed by atoms with Crippen LogP contribution in [0.5, 0.6) is 11.5 Å². The molecule has 3 aromatic rings. The molecule has 0 saturated carbocycles. The van der Waals surface area contributed by atoms with E-state index in [0.717, 1.165) is 25.8 Å². The topological polar surface area (TPSA) is 30.5 Å². The van der Waals surface area contributed by atoms with E-state index in [-0.39, 0.29) is 5.02 Å². The molecule has 0 unspecified atom stereocenters. The van der Waals surface area contributed by atoms with Gasteiger partial charge in [-0.15, -0.1) is 0 Å². The third-order valence-corrected chi connectivity index (χ3v) is 5.49. The number of ether oxygens (including phenoxy) is 2. The first-order valence-corrected chi connectivity index (χ1v) is 10.9. The lowest BCUT2D eigenvalue weighted by atomic mass is 10.2. The fourth-order valence-corrected chi connectivity index (χ4v) is 3.72. The standard InChI is InChI=1S/C22H19Br2ClFNO2/c1-2-28-21-10-15(12-27-17-7-8-20(26)19(25)11-17)9-18(24)22(21)29-13-14-3-5-16(23)6-4-14/h3-11,27H,2,12-13H2,1H3. The summed E-state index contributed by atoms with van der Waals surface area (Å²) in [6.07, 6.45) is 0. The molecule has 1 N–H and O–H groups in total. The molecule has 0 aliphatic rings. The lowest BCUT2D eigenvalue weighted by Crippen LogP contribution is -2.04. The molecule has 0 saturated heterocycles. The van der Waals surface area contributed by atoms with E-state index in [9.17, 15) is 4.39 Å². The van der Waals surface area contributed by atoms with Crippen LogP contribution in [0.1, 0.15) is 18.1 Å². The van der Waals surface area contributed by atoms with Gasteiger partial charge in [-0.1, -0.05) is 39.7 Å². The van der Waals surface area contributed by atoms with Gasteiger partial charge >= 0.3 is 0 Å². The summed E-state index contributed by atoms with van der Waals surface area (Å²) in [5.41, 5.74) is 2.78. The third kappa shape index (κ3) is 6.11. The molecule has 0 aliphatic heterocycles. The van der Waals surface area contributed by atoms with Gasteiger partial charge in [0.1, 0.15) is 12.4 Å². The van der Waals surface area contributed by atoms with Gasteiger partial charge in [0, 0.05) is 16.7 Å². The van der Waals surface area contributed by atoms with Gasteiger partial charge in [-0.2, -0.15) is 0 Å². The molecule has 3 nitrogen and oxygen atoms in total. The summed E-state index contributed by atoms with van der Waals surface area (Å²) < 4.78 is 27.0. The van der Waals surface area contributed by atoms with E-state index in [1.807, 2.05) is 43.3 Å². The van der Waals surface area contributed by atoms with E-state index in [1.54, 1.807) is 12.1 Å². The monoisotopic (exact) mass is 541 g/mol. The van der Waals surface area contributed by atoms with Crippen LogP contribution in [0.15, 0.2) is 63.5 Å². The van der Waals surface area contributed by atoms with Gasteiger partial charge in [-0.25, -0.2) is 4.39 Å². The van der Waals surface area contributed by atoms with Crippen LogP contribution in [0.4, 0.5) is 10.1 Å². The fraction of sp³-hybridized carbons (Fsp3) is 0.182. The molecular weight excluding hydrogens is 525 g/mol. The van der Waals surface area contributed by atoms with Crippen LogP contribution in [0, 0.1) is 5.82 Å². The van der Waals surface area contributed by atoms with Crippen molar-refractivity contribution in [3.05, 3.63) is 85.5 Å². The summed E-state index contributed by atoms with van der Waals surface area (Å²) in [5.74, 6) is 0.877. The van der Waals surface area contributed by atoms with Gasteiger partial charge in [0.15, 0.2) is 11.5 Å². The van der Waals surface area contributed by atoms with E-state index in [1.165, 1.54) is 6.07 Å². The van der Waals surface area contributed by atoms with Crippen LogP contribution in [-0.2, 0) is 13.2 Å². The maximum absolute atomic E-state index is 13.3. The van der Waals surface area contributed by atoms with E-state index < -0.39 is 5.82 Å². The van der Waals surface area contributed by atoms with Crippen molar-refractivity contribution >= 4 is 49.1 Å². The zero-order valence-electron chi connectivity index (χ0n) is 15.6. The van der Waals surface area contributed by atoms with Crippen molar-refractivity contribution in [2.45, 2.75) is 20.1 Å². The molecule has 7 heteroatoms. The smallest absolute Gasteiger partial charge is 0.175 e. The maximum atomic E-state index is 13.3. The minimum Gasteiger partial charge on any atom is -0.490 e. The molecule has 3 aromatic carbocycles. The summed E-state index contributed by atoms with van der Waals surface area (Å²) in [7, 11) is 0. The number of rotatable bonds is 8. The molecule has 3 rings (SSSR count). The second-order valence-corrected chi connectivity index (χ2v) is 8.41. The summed E-state index contributed by atoms with van der Waals surface area (Å²) in [4.78, 5) is 0. The Hall–Kier alpha value is -1.76. The minimum atomic E-state index is -0.439. The highest BCUT2D eigenvalue weighted by molar-refractivity contribution is 9.10. The highest BCUT2D eigenvalue weighted by Crippen LogP contribution is 2.38. The predicted octanol–water partition coefficient (Wildman–Crippen LogP) is 7.59. The van der Waals surface area contributed by atoms with Crippen LogP contribution < -0.4 is 14.8 Å². The zero-order chi connectivity index (χ0) is 20.8. The lowest BCUT2D eigenvalue weighted by molar-refractivity contribution is 0.267. The molecular formula is C22H19Br2ClFNO2. The van der Waals surface area contributed by atoms with Crippen molar-refractivity contribution in [3.63, 3.8) is 0 Å². The number of hydrogen-bond donors (Lipinski definition) is 1. The van der Waals surface area contributed by atoms with Crippen LogP contribution in [-0.4, -0.2) is 6.61 Å². The third-order valence-electron chi connectivity index (χ3n) is 4.08. The van der Waals surface area contributed by atoms with Crippen molar-refractivity contribution in [2.75, 3.05) is 11.9 Å². The average molecular weight is 544 g/mol. The molecule has 29 heavy (non-hydrogen) atoms. The SMILES string of the molecule is CCOc1cc(CNc2ccc(F)c(Cl)c2)cc(Br)c1OCc1ccc(Br)cc1. The Balaban J connectivity index is 1.74. The Bertz CT molecular complexity index is 983. The van der Waals surface area contributed by atoms with Gasteiger partial charge in [-0.3, -0.25) is 0 Å². The summed E-state index contributed by atoms with van der Waals surface area (Å²) in [5, 5.41) is 3.32. The molecule has 0 aliphatic carbocycles. The van der Waals surface area contributed by atoms with Crippen LogP contribution >= 0.6 is 43.5 Å². The van der Waals surface area contributed by atoms with Gasteiger partial charge in [0.2, 0.25) is 0 Å². The molecule has 0 fully saturated rings. The molecule has 0 bridgehead atoms. The molecule has 0 radical (unpaired) electrons. The quantitative estimate of drug-likeness (QED) is 0.318. The molecule has 0 amide bonds. The Morgan fingerprint density at radius 2 is 1.72 bits per heavy atom. The number of nitrogens with one attached hydrogen (secondary N) is 1. The lowest BCUT2D eigenvalue weighted by Gasteiger charge is -2.16. The minimum absolute atomic E-state index is 0.0860. The fourth-order valence-electron chi connectivity index (χ4n) is 2.67. The number of halogens is 4. The van der Waals surface area contributed by atoms with Crippen LogP contribution in [0.2, 0.25) is 5.02 Å². The Morgan fingerprint density at radius 1 is 0.966 bits per heavy atom. The van der Waals surface area contributed by atoms with E-state index >= 15 is 0 Å². The van der Waals surface area contributed by atoms with E-state index in [2.05, 4.69) is 37.2 Å². The average Bonchev–Trinajstić information content (AvgIpc) is 2.70. The zero-order valence-corrected chi connectivity index (χ0v) is 19.6. The van der Waals surface area contributed by atoms with Crippen molar-refractivity contribution in [2.24, 2.45) is 0 Å². The maximum Gasteiger partial charge on any atom is 0.175 e. The van der Waals surface area contributed by atoms with Gasteiger partial charge in [0.25, 0.3) is 0 Å². The highest BCUT2D eigenvalue weighted by Gasteiger charge is 2.13. The molecule has 0 heterocycles. The van der Waals surface area contributed by atoms with Crippen LogP contribution in [0.25, 0.3) is 0 Å². The number of benzene rings is 3. The van der Waals surface area contributed by atoms with Crippen molar-refractivity contribution < 1.29 is 13.9 Å². The van der Waals surface area contributed by atoms with Gasteiger partial charge in [0.05, 0.1) is 16.1 Å². The van der Waals surface area contributed by atoms with E-state index in [4.69, 9.17) is 21.1 Å². The van der Waals surface area contributed by atoms with Gasteiger partial charge in [-0.05, 0) is 76.4 Å². The molecule has 152 valence electrons. The van der Waals surface area contributed by atoms with Crippen molar-refractivity contribution in [1.29, 1.82) is 0 Å². The normalized spacial score (nSPS) is 10.7. The summed E-state index contributed by atoms with van der Waals surface area (Å²) in [6.45, 7) is 3.40. The molecule has 0 atom stereocenters. The number of hydrogen-bond acceptors (Lipinski definition) is 3. The van der Waals surface area contributed by atoms with Crippen molar-refractivity contribution in [1.82, 2.24) is 0 Å². The first-order chi connectivity index (χ1) is 14.0. The van der Waals surface area contributed by atoms with Crippen LogP contribution in [0.3, 0.4) is 0 Å². The Morgan fingerprint density at radius 3 is 2.41 bits per heavy atom. The Labute approximate surface area is 191 Å². The molecule has 0 spiro atoms. The van der Waals surface area contributed by atoms with Crippen molar-refractivity contribution in [3.8, 4) is 11.5 Å². The van der Waals surface area contributed by atoms with E-state index in [0.29, 0.717) is 31.3 Å². The highest BCUT2D eigenvalue weighted by atomic mass is 79.9. The predicted molar refractivity (Wildman–Crippen MR) is 123 cm³/mol. The first-order valence-electron chi connectivity index (χ1n) is 8.97.